The largest absolute Gasteiger partial charge is 0.490 e. The van der Waals surface area contributed by atoms with E-state index in [1.165, 1.54) is 11.3 Å². The number of para-hydroxylation sites is 2. The average Bonchev–Trinajstić information content (AvgIpc) is 3.18. The lowest BCUT2D eigenvalue weighted by Crippen LogP contribution is -2.22. The van der Waals surface area contributed by atoms with E-state index in [2.05, 4.69) is 11.6 Å². The van der Waals surface area contributed by atoms with Crippen LogP contribution in [0, 0.1) is 0 Å². The standard InChI is InChI=1S/C21H17ClN2O3S/c1-3-9-27-19-14(22)10-13(11-17(19)26-4-2)12-18-20(25)24-16-8-6-5-7-15(16)23-21(24)28-18/h3,5-8,10-12H,1,4,9H2,2H3/b18-12-. The molecule has 4 rings (SSSR count). The van der Waals surface area contributed by atoms with Gasteiger partial charge >= 0.3 is 0 Å². The number of ether oxygens (including phenoxy) is 2. The van der Waals surface area contributed by atoms with Crippen molar-refractivity contribution in [3.63, 3.8) is 0 Å². The smallest absolute Gasteiger partial charge is 0.274 e. The molecular weight excluding hydrogens is 396 g/mol. The van der Waals surface area contributed by atoms with Gasteiger partial charge in [-0.15, -0.1) is 0 Å². The monoisotopic (exact) mass is 412 g/mol. The van der Waals surface area contributed by atoms with Crippen molar-refractivity contribution in [2.24, 2.45) is 0 Å². The number of rotatable bonds is 6. The number of aromatic nitrogens is 2. The molecule has 0 spiro atoms. The second-order valence-electron chi connectivity index (χ2n) is 6.00. The highest BCUT2D eigenvalue weighted by molar-refractivity contribution is 7.15. The number of hydrogen-bond acceptors (Lipinski definition) is 5. The summed E-state index contributed by atoms with van der Waals surface area (Å²) in [6, 6.07) is 11.2. The van der Waals surface area contributed by atoms with Crippen molar-refractivity contribution < 1.29 is 9.47 Å². The summed E-state index contributed by atoms with van der Waals surface area (Å²) in [5.74, 6) is 0.997. The summed E-state index contributed by atoms with van der Waals surface area (Å²) in [7, 11) is 0. The summed E-state index contributed by atoms with van der Waals surface area (Å²) in [5.41, 5.74) is 2.27. The number of benzene rings is 2. The Morgan fingerprint density at radius 1 is 1.29 bits per heavy atom. The molecule has 4 aromatic rings. The Morgan fingerprint density at radius 2 is 2.11 bits per heavy atom. The van der Waals surface area contributed by atoms with Gasteiger partial charge in [0.1, 0.15) is 6.61 Å². The fraction of sp³-hybridized carbons (Fsp3) is 0.143. The van der Waals surface area contributed by atoms with E-state index in [1.807, 2.05) is 37.3 Å². The van der Waals surface area contributed by atoms with Crippen LogP contribution in [0.4, 0.5) is 0 Å². The van der Waals surface area contributed by atoms with Gasteiger partial charge in [0.05, 0.1) is 27.2 Å². The minimum absolute atomic E-state index is 0.102. The third-order valence-corrected chi connectivity index (χ3v) is 5.37. The normalized spacial score (nSPS) is 12.0. The molecule has 0 amide bonds. The second-order valence-corrected chi connectivity index (χ2v) is 7.41. The Hall–Kier alpha value is -2.83. The van der Waals surface area contributed by atoms with E-state index < -0.39 is 0 Å². The van der Waals surface area contributed by atoms with Crippen molar-refractivity contribution in [3.05, 3.63) is 74.5 Å². The number of imidazole rings is 1. The van der Waals surface area contributed by atoms with Crippen LogP contribution in [-0.4, -0.2) is 22.6 Å². The van der Waals surface area contributed by atoms with Crippen molar-refractivity contribution in [3.8, 4) is 11.5 Å². The van der Waals surface area contributed by atoms with Crippen LogP contribution in [0.5, 0.6) is 11.5 Å². The molecule has 5 nitrogen and oxygen atoms in total. The highest BCUT2D eigenvalue weighted by atomic mass is 35.5. The number of fused-ring (bicyclic) bond motifs is 3. The molecule has 0 aliphatic carbocycles. The Bertz CT molecular complexity index is 1290. The lowest BCUT2D eigenvalue weighted by molar-refractivity contribution is 0.297. The highest BCUT2D eigenvalue weighted by Gasteiger charge is 2.13. The van der Waals surface area contributed by atoms with Gasteiger partial charge in [-0.25, -0.2) is 9.38 Å². The maximum absolute atomic E-state index is 12.9. The Kier molecular flexibility index (Phi) is 5.07. The third-order valence-electron chi connectivity index (χ3n) is 4.12. The van der Waals surface area contributed by atoms with Gasteiger partial charge in [0.15, 0.2) is 16.5 Å². The zero-order valence-electron chi connectivity index (χ0n) is 15.1. The van der Waals surface area contributed by atoms with Crippen LogP contribution in [-0.2, 0) is 0 Å². The fourth-order valence-electron chi connectivity index (χ4n) is 2.98. The van der Waals surface area contributed by atoms with Crippen LogP contribution in [0.2, 0.25) is 5.02 Å². The number of halogens is 1. The molecule has 0 saturated carbocycles. The molecule has 0 saturated heterocycles. The minimum Gasteiger partial charge on any atom is -0.490 e. The summed E-state index contributed by atoms with van der Waals surface area (Å²) >= 11 is 7.74. The van der Waals surface area contributed by atoms with E-state index in [0.29, 0.717) is 39.2 Å². The summed E-state index contributed by atoms with van der Waals surface area (Å²) < 4.78 is 13.5. The van der Waals surface area contributed by atoms with Gasteiger partial charge in [-0.05, 0) is 42.8 Å². The molecule has 2 heterocycles. The van der Waals surface area contributed by atoms with Crippen molar-refractivity contribution in [2.75, 3.05) is 13.2 Å². The van der Waals surface area contributed by atoms with E-state index in [4.69, 9.17) is 21.1 Å². The first-order chi connectivity index (χ1) is 13.6. The molecule has 0 unspecified atom stereocenters. The average molecular weight is 413 g/mol. The maximum Gasteiger partial charge on any atom is 0.274 e. The van der Waals surface area contributed by atoms with E-state index in [-0.39, 0.29) is 5.56 Å². The molecule has 0 atom stereocenters. The van der Waals surface area contributed by atoms with Crippen molar-refractivity contribution in [2.45, 2.75) is 6.92 Å². The van der Waals surface area contributed by atoms with E-state index >= 15 is 0 Å². The lowest BCUT2D eigenvalue weighted by atomic mass is 10.2. The SMILES string of the molecule is C=CCOc1c(Cl)cc(/C=c2\sc3nc4ccccc4n3c2=O)cc1OCC. The zero-order chi connectivity index (χ0) is 19.7. The van der Waals surface area contributed by atoms with E-state index in [1.54, 1.807) is 22.6 Å². The van der Waals surface area contributed by atoms with Crippen LogP contribution in [0.1, 0.15) is 12.5 Å². The van der Waals surface area contributed by atoms with Gasteiger partial charge in [-0.1, -0.05) is 47.7 Å². The topological polar surface area (TPSA) is 52.8 Å². The molecule has 0 bridgehead atoms. The molecule has 7 heteroatoms. The van der Waals surface area contributed by atoms with Crippen LogP contribution in [0.15, 0.2) is 53.8 Å². The Labute approximate surface area is 170 Å². The first kappa shape index (κ1) is 18.5. The summed E-state index contributed by atoms with van der Waals surface area (Å²) in [6.45, 7) is 6.32. The number of hydrogen-bond donors (Lipinski definition) is 0. The quantitative estimate of drug-likeness (QED) is 0.448. The van der Waals surface area contributed by atoms with Gasteiger partial charge < -0.3 is 9.47 Å². The molecule has 2 aromatic heterocycles. The third kappa shape index (κ3) is 3.25. The molecule has 28 heavy (non-hydrogen) atoms. The second kappa shape index (κ2) is 7.66. The van der Waals surface area contributed by atoms with Crippen LogP contribution in [0.3, 0.4) is 0 Å². The predicted molar refractivity (Wildman–Crippen MR) is 114 cm³/mol. The van der Waals surface area contributed by atoms with Gasteiger partial charge in [0.2, 0.25) is 0 Å². The first-order valence-electron chi connectivity index (χ1n) is 8.74. The van der Waals surface area contributed by atoms with Gasteiger partial charge in [-0.2, -0.15) is 0 Å². The summed E-state index contributed by atoms with van der Waals surface area (Å²) in [5, 5.41) is 0.415. The van der Waals surface area contributed by atoms with Gasteiger partial charge in [-0.3, -0.25) is 4.79 Å². The minimum atomic E-state index is -0.102. The Morgan fingerprint density at radius 3 is 2.89 bits per heavy atom. The van der Waals surface area contributed by atoms with Crippen LogP contribution in [0.25, 0.3) is 22.1 Å². The van der Waals surface area contributed by atoms with Crippen molar-refractivity contribution in [1.82, 2.24) is 9.38 Å². The maximum atomic E-state index is 12.9. The number of nitrogens with zero attached hydrogens (tertiary/aromatic N) is 2. The van der Waals surface area contributed by atoms with Gasteiger partial charge in [0.25, 0.3) is 5.56 Å². The number of thiazole rings is 1. The molecule has 2 aromatic carbocycles. The first-order valence-corrected chi connectivity index (χ1v) is 9.93. The lowest BCUT2D eigenvalue weighted by Gasteiger charge is -2.13. The fourth-order valence-corrected chi connectivity index (χ4v) is 4.24. The Balaban J connectivity index is 1.85. The van der Waals surface area contributed by atoms with Gasteiger partial charge in [0, 0.05) is 0 Å². The molecule has 0 N–H and O–H groups in total. The van der Waals surface area contributed by atoms with Crippen LogP contribution < -0.4 is 19.6 Å². The van der Waals surface area contributed by atoms with E-state index in [0.717, 1.165) is 16.6 Å². The van der Waals surface area contributed by atoms with Crippen LogP contribution >= 0.6 is 22.9 Å². The molecular formula is C21H17ClN2O3S. The predicted octanol–water partition coefficient (Wildman–Crippen LogP) is 4.07. The van der Waals surface area contributed by atoms with Crippen molar-refractivity contribution in [1.29, 1.82) is 0 Å². The van der Waals surface area contributed by atoms with Crippen molar-refractivity contribution >= 4 is 45.0 Å². The molecule has 142 valence electrons. The highest BCUT2D eigenvalue weighted by Crippen LogP contribution is 2.37. The molecule has 0 radical (unpaired) electrons. The summed E-state index contributed by atoms with van der Waals surface area (Å²) in [6.07, 6.45) is 3.43. The molecule has 0 aliphatic heterocycles. The molecule has 0 fully saturated rings. The van der Waals surface area contributed by atoms with E-state index in [9.17, 15) is 4.79 Å². The summed E-state index contributed by atoms with van der Waals surface area (Å²) in [4.78, 5) is 18.1. The molecule has 0 aliphatic rings. The zero-order valence-corrected chi connectivity index (χ0v) is 16.7.